The van der Waals surface area contributed by atoms with Crippen LogP contribution >= 0.6 is 0 Å². The van der Waals surface area contributed by atoms with Crippen molar-refractivity contribution in [3.63, 3.8) is 0 Å². The molecular weight excluding hydrogens is 340 g/mol. The highest BCUT2D eigenvalue weighted by atomic mass is 16.5. The van der Waals surface area contributed by atoms with Crippen molar-refractivity contribution in [3.05, 3.63) is 47.5 Å². The van der Waals surface area contributed by atoms with Gasteiger partial charge in [-0.3, -0.25) is 4.90 Å². The van der Waals surface area contributed by atoms with Crippen molar-refractivity contribution in [1.29, 1.82) is 5.26 Å². The van der Waals surface area contributed by atoms with Gasteiger partial charge in [0.05, 0.1) is 17.7 Å². The van der Waals surface area contributed by atoms with E-state index in [0.717, 1.165) is 51.3 Å². The standard InChI is InChI=1S/C21H28N4O2/c1-16(2)20-19(7-12-27-20)14-23-21(26)25-10-8-24(9-11-25)15-18-5-3-17(13-22)4-6-18/h3-6,19-20H,1,7-12,14-15H2,2H3,(H,23,26). The fraction of sp³-hybridized carbons (Fsp3) is 0.524. The number of nitrogens with zero attached hydrogens (tertiary/aromatic N) is 3. The maximum Gasteiger partial charge on any atom is 0.317 e. The molecule has 1 aromatic carbocycles. The normalized spacial score (nSPS) is 23.0. The fourth-order valence-electron chi connectivity index (χ4n) is 3.77. The number of nitriles is 1. The lowest BCUT2D eigenvalue weighted by molar-refractivity contribution is 0.115. The van der Waals surface area contributed by atoms with Crippen molar-refractivity contribution in [1.82, 2.24) is 15.1 Å². The lowest BCUT2D eigenvalue weighted by Gasteiger charge is -2.35. The highest BCUT2D eigenvalue weighted by molar-refractivity contribution is 5.74. The Kier molecular flexibility index (Phi) is 6.49. The van der Waals surface area contributed by atoms with E-state index in [9.17, 15) is 4.79 Å². The SMILES string of the molecule is C=C(C)C1OCCC1CNC(=O)N1CCN(Cc2ccc(C#N)cc2)CC1. The molecule has 2 amide bonds. The van der Waals surface area contributed by atoms with Gasteiger partial charge in [0, 0.05) is 51.8 Å². The smallest absolute Gasteiger partial charge is 0.317 e. The van der Waals surface area contributed by atoms with Crippen molar-refractivity contribution < 1.29 is 9.53 Å². The number of amides is 2. The van der Waals surface area contributed by atoms with Gasteiger partial charge in [0.25, 0.3) is 0 Å². The monoisotopic (exact) mass is 368 g/mol. The second kappa shape index (κ2) is 9.03. The Morgan fingerprint density at radius 2 is 2.00 bits per heavy atom. The number of carbonyl (C=O) groups is 1. The molecule has 0 radical (unpaired) electrons. The minimum absolute atomic E-state index is 0.0142. The lowest BCUT2D eigenvalue weighted by Crippen LogP contribution is -2.52. The first-order chi connectivity index (χ1) is 13.1. The van der Waals surface area contributed by atoms with Crippen LogP contribution in [0.1, 0.15) is 24.5 Å². The number of hydrogen-bond donors (Lipinski definition) is 1. The van der Waals surface area contributed by atoms with Crippen LogP contribution in [0.5, 0.6) is 0 Å². The van der Waals surface area contributed by atoms with Gasteiger partial charge in [0.1, 0.15) is 0 Å². The van der Waals surface area contributed by atoms with Crippen LogP contribution in [0.4, 0.5) is 4.79 Å². The Labute approximate surface area is 161 Å². The summed E-state index contributed by atoms with van der Waals surface area (Å²) >= 11 is 0. The average molecular weight is 368 g/mol. The maximum absolute atomic E-state index is 12.5. The summed E-state index contributed by atoms with van der Waals surface area (Å²) in [6, 6.07) is 9.85. The molecule has 0 spiro atoms. The van der Waals surface area contributed by atoms with Crippen molar-refractivity contribution in [2.45, 2.75) is 26.0 Å². The molecule has 6 heteroatoms. The number of ether oxygens (including phenoxy) is 1. The van der Waals surface area contributed by atoms with E-state index in [1.54, 1.807) is 0 Å². The third-order valence-corrected chi connectivity index (χ3v) is 5.36. The van der Waals surface area contributed by atoms with Crippen LogP contribution < -0.4 is 5.32 Å². The number of nitrogens with one attached hydrogen (secondary N) is 1. The van der Waals surface area contributed by atoms with Crippen LogP contribution in [0.25, 0.3) is 0 Å². The molecule has 2 aliphatic rings. The van der Waals surface area contributed by atoms with Crippen LogP contribution in [0, 0.1) is 17.2 Å². The second-order valence-corrected chi connectivity index (χ2v) is 7.44. The number of piperazine rings is 1. The summed E-state index contributed by atoms with van der Waals surface area (Å²) < 4.78 is 5.70. The van der Waals surface area contributed by atoms with Gasteiger partial charge < -0.3 is 15.0 Å². The van der Waals surface area contributed by atoms with Gasteiger partial charge in [-0.2, -0.15) is 5.26 Å². The largest absolute Gasteiger partial charge is 0.374 e. The summed E-state index contributed by atoms with van der Waals surface area (Å²) in [5, 5.41) is 11.9. The zero-order chi connectivity index (χ0) is 19.2. The molecule has 0 aromatic heterocycles. The van der Waals surface area contributed by atoms with Crippen LogP contribution in [0.3, 0.4) is 0 Å². The van der Waals surface area contributed by atoms with Crippen molar-refractivity contribution in [2.24, 2.45) is 5.92 Å². The predicted octanol–water partition coefficient (Wildman–Crippen LogP) is 2.37. The molecule has 2 saturated heterocycles. The Morgan fingerprint density at radius 3 is 2.63 bits per heavy atom. The van der Waals surface area contributed by atoms with Gasteiger partial charge in [0.15, 0.2) is 0 Å². The van der Waals surface area contributed by atoms with E-state index in [1.165, 1.54) is 5.56 Å². The van der Waals surface area contributed by atoms with E-state index in [0.29, 0.717) is 18.0 Å². The highest BCUT2D eigenvalue weighted by Gasteiger charge is 2.30. The molecular formula is C21H28N4O2. The van der Waals surface area contributed by atoms with Gasteiger partial charge in [-0.1, -0.05) is 24.3 Å². The molecule has 0 bridgehead atoms. The maximum atomic E-state index is 12.5. The zero-order valence-electron chi connectivity index (χ0n) is 16.0. The van der Waals surface area contributed by atoms with Crippen LogP contribution in [0.15, 0.2) is 36.4 Å². The molecule has 1 aromatic rings. The average Bonchev–Trinajstić information content (AvgIpc) is 3.16. The van der Waals surface area contributed by atoms with Gasteiger partial charge >= 0.3 is 6.03 Å². The highest BCUT2D eigenvalue weighted by Crippen LogP contribution is 2.25. The molecule has 2 aliphatic heterocycles. The fourth-order valence-corrected chi connectivity index (χ4v) is 3.77. The minimum atomic E-state index is 0.0142. The Morgan fingerprint density at radius 1 is 1.30 bits per heavy atom. The topological polar surface area (TPSA) is 68.6 Å². The molecule has 144 valence electrons. The Hall–Kier alpha value is -2.36. The summed E-state index contributed by atoms with van der Waals surface area (Å²) in [5.41, 5.74) is 2.91. The summed E-state index contributed by atoms with van der Waals surface area (Å²) in [5.74, 6) is 0.323. The molecule has 1 N–H and O–H groups in total. The van der Waals surface area contributed by atoms with E-state index in [4.69, 9.17) is 10.00 Å². The van der Waals surface area contributed by atoms with E-state index in [-0.39, 0.29) is 12.1 Å². The molecule has 0 aliphatic carbocycles. The zero-order valence-corrected chi connectivity index (χ0v) is 16.0. The number of benzene rings is 1. The molecule has 2 unspecified atom stereocenters. The summed E-state index contributed by atoms with van der Waals surface area (Å²) in [6.45, 7) is 11.4. The van der Waals surface area contributed by atoms with E-state index in [2.05, 4.69) is 22.9 Å². The molecule has 0 saturated carbocycles. The van der Waals surface area contributed by atoms with Gasteiger partial charge in [-0.25, -0.2) is 4.79 Å². The van der Waals surface area contributed by atoms with Crippen molar-refractivity contribution >= 4 is 6.03 Å². The first-order valence-electron chi connectivity index (χ1n) is 9.58. The van der Waals surface area contributed by atoms with Gasteiger partial charge in [0.2, 0.25) is 0 Å². The number of carbonyl (C=O) groups excluding carboxylic acids is 1. The molecule has 3 rings (SSSR count). The summed E-state index contributed by atoms with van der Waals surface area (Å²) in [7, 11) is 0. The van der Waals surface area contributed by atoms with Crippen LogP contribution in [0.2, 0.25) is 0 Å². The van der Waals surface area contributed by atoms with E-state index < -0.39 is 0 Å². The minimum Gasteiger partial charge on any atom is -0.374 e. The quantitative estimate of drug-likeness (QED) is 0.810. The van der Waals surface area contributed by atoms with E-state index >= 15 is 0 Å². The number of hydrogen-bond acceptors (Lipinski definition) is 4. The first kappa shape index (κ1) is 19.4. The van der Waals surface area contributed by atoms with Crippen molar-refractivity contribution in [3.8, 4) is 6.07 Å². The lowest BCUT2D eigenvalue weighted by atomic mass is 9.97. The Bertz CT molecular complexity index is 702. The predicted molar refractivity (Wildman–Crippen MR) is 104 cm³/mol. The summed E-state index contributed by atoms with van der Waals surface area (Å²) in [4.78, 5) is 16.7. The van der Waals surface area contributed by atoms with Gasteiger partial charge in [-0.15, -0.1) is 0 Å². The Balaban J connectivity index is 1.41. The molecule has 6 nitrogen and oxygen atoms in total. The number of rotatable bonds is 5. The van der Waals surface area contributed by atoms with Crippen LogP contribution in [-0.4, -0.2) is 61.3 Å². The van der Waals surface area contributed by atoms with Crippen molar-refractivity contribution in [2.75, 3.05) is 39.3 Å². The van der Waals surface area contributed by atoms with Gasteiger partial charge in [-0.05, 0) is 31.0 Å². The second-order valence-electron chi connectivity index (χ2n) is 7.44. The molecule has 2 atom stereocenters. The third-order valence-electron chi connectivity index (χ3n) is 5.36. The molecule has 2 fully saturated rings. The third kappa shape index (κ3) is 5.09. The van der Waals surface area contributed by atoms with E-state index in [1.807, 2.05) is 36.1 Å². The first-order valence-corrected chi connectivity index (χ1v) is 9.58. The molecule has 2 heterocycles. The van der Waals surface area contributed by atoms with Crippen LogP contribution in [-0.2, 0) is 11.3 Å². The summed E-state index contributed by atoms with van der Waals surface area (Å²) in [6.07, 6.45) is 1.03. The number of urea groups is 1. The molecule has 27 heavy (non-hydrogen) atoms.